The van der Waals surface area contributed by atoms with Gasteiger partial charge in [0.2, 0.25) is 0 Å². The van der Waals surface area contributed by atoms with Crippen molar-refractivity contribution in [3.8, 4) is 0 Å². The zero-order valence-electron chi connectivity index (χ0n) is 12.9. The van der Waals surface area contributed by atoms with E-state index in [2.05, 4.69) is 33.2 Å². The van der Waals surface area contributed by atoms with Crippen LogP contribution in [0.15, 0.2) is 22.7 Å². The predicted molar refractivity (Wildman–Crippen MR) is 89.9 cm³/mol. The molecule has 1 saturated carbocycles. The summed E-state index contributed by atoms with van der Waals surface area (Å²) in [5, 5.41) is 3.40. The van der Waals surface area contributed by atoms with E-state index < -0.39 is 0 Å². The number of nitrogens with one attached hydrogen (secondary N) is 1. The molecule has 0 saturated heterocycles. The van der Waals surface area contributed by atoms with Crippen LogP contribution in [0.2, 0.25) is 0 Å². The fraction of sp³-hybridized carbons (Fsp3) is 0.647. The molecule has 1 aliphatic rings. The maximum Gasteiger partial charge on any atom is 0.124 e. The van der Waals surface area contributed by atoms with Crippen LogP contribution in [0.4, 0.5) is 4.39 Å². The molecule has 118 valence electrons. The van der Waals surface area contributed by atoms with Crippen LogP contribution in [0.3, 0.4) is 0 Å². The fourth-order valence-corrected chi connectivity index (χ4v) is 3.62. The van der Waals surface area contributed by atoms with Crippen molar-refractivity contribution in [3.63, 3.8) is 0 Å². The van der Waals surface area contributed by atoms with E-state index in [0.717, 1.165) is 42.1 Å². The van der Waals surface area contributed by atoms with Crippen LogP contribution in [0.5, 0.6) is 0 Å². The minimum Gasteiger partial charge on any atom is -0.313 e. The maximum absolute atomic E-state index is 13.3. The molecule has 0 aromatic heterocycles. The normalized spacial score (nSPS) is 16.6. The smallest absolute Gasteiger partial charge is 0.124 e. The van der Waals surface area contributed by atoms with E-state index in [1.165, 1.54) is 38.2 Å². The minimum atomic E-state index is -0.182. The number of hydrogen-bond acceptors (Lipinski definition) is 2. The fourth-order valence-electron chi connectivity index (χ4n) is 3.10. The Morgan fingerprint density at radius 2 is 2.00 bits per heavy atom. The second kappa shape index (κ2) is 8.86. The Kier molecular flexibility index (Phi) is 7.14. The van der Waals surface area contributed by atoms with Gasteiger partial charge in [0.1, 0.15) is 5.82 Å². The van der Waals surface area contributed by atoms with Gasteiger partial charge in [0.25, 0.3) is 0 Å². The molecule has 0 atom stereocenters. The summed E-state index contributed by atoms with van der Waals surface area (Å²) < 4.78 is 14.1. The van der Waals surface area contributed by atoms with E-state index in [-0.39, 0.29) is 5.82 Å². The third-order valence-electron chi connectivity index (χ3n) is 4.31. The van der Waals surface area contributed by atoms with Gasteiger partial charge in [-0.25, -0.2) is 4.39 Å². The summed E-state index contributed by atoms with van der Waals surface area (Å²) in [6.07, 6.45) is 8.06. The monoisotopic (exact) mass is 356 g/mol. The highest BCUT2D eigenvalue weighted by Crippen LogP contribution is 2.21. The van der Waals surface area contributed by atoms with Crippen LogP contribution in [-0.4, -0.2) is 31.1 Å². The van der Waals surface area contributed by atoms with Crippen LogP contribution in [0.25, 0.3) is 0 Å². The Labute approximate surface area is 136 Å². The van der Waals surface area contributed by atoms with Crippen molar-refractivity contribution in [3.05, 3.63) is 34.1 Å². The predicted octanol–water partition coefficient (Wildman–Crippen LogP) is 4.33. The Morgan fingerprint density at radius 3 is 2.71 bits per heavy atom. The standard InChI is InChI=1S/C17H26BrFN2/c1-21(17-6-3-2-4-7-17)9-5-8-20-13-14-10-15(18)12-16(19)11-14/h10-12,17,20H,2-9,13H2,1H3. The largest absolute Gasteiger partial charge is 0.313 e. The van der Waals surface area contributed by atoms with Crippen LogP contribution in [0.1, 0.15) is 44.1 Å². The lowest BCUT2D eigenvalue weighted by Gasteiger charge is -2.31. The summed E-state index contributed by atoms with van der Waals surface area (Å²) in [5.74, 6) is -0.182. The Bertz CT molecular complexity index is 413. The zero-order valence-corrected chi connectivity index (χ0v) is 14.5. The van der Waals surface area contributed by atoms with Crippen LogP contribution >= 0.6 is 15.9 Å². The van der Waals surface area contributed by atoms with Crippen LogP contribution < -0.4 is 5.32 Å². The second-order valence-electron chi connectivity index (χ2n) is 6.08. The molecule has 2 rings (SSSR count). The van der Waals surface area contributed by atoms with Crippen molar-refractivity contribution in [2.45, 2.75) is 51.1 Å². The summed E-state index contributed by atoms with van der Waals surface area (Å²) in [4.78, 5) is 2.51. The van der Waals surface area contributed by atoms with Crippen molar-refractivity contribution in [2.24, 2.45) is 0 Å². The van der Waals surface area contributed by atoms with E-state index in [1.807, 2.05) is 6.07 Å². The van der Waals surface area contributed by atoms with Gasteiger partial charge in [-0.2, -0.15) is 0 Å². The van der Waals surface area contributed by atoms with Crippen molar-refractivity contribution < 1.29 is 4.39 Å². The highest BCUT2D eigenvalue weighted by Gasteiger charge is 2.17. The van der Waals surface area contributed by atoms with Crippen molar-refractivity contribution >= 4 is 15.9 Å². The van der Waals surface area contributed by atoms with E-state index in [4.69, 9.17) is 0 Å². The summed E-state index contributed by atoms with van der Waals surface area (Å²) in [6.45, 7) is 2.85. The molecular weight excluding hydrogens is 331 g/mol. The van der Waals surface area contributed by atoms with E-state index in [0.29, 0.717) is 0 Å². The first-order valence-electron chi connectivity index (χ1n) is 8.01. The molecule has 1 aromatic carbocycles. The molecule has 0 spiro atoms. The van der Waals surface area contributed by atoms with E-state index in [1.54, 1.807) is 6.07 Å². The summed E-state index contributed by atoms with van der Waals surface area (Å²) in [7, 11) is 2.25. The molecule has 1 aliphatic carbocycles. The molecule has 0 aliphatic heterocycles. The van der Waals surface area contributed by atoms with Crippen molar-refractivity contribution in [1.82, 2.24) is 10.2 Å². The van der Waals surface area contributed by atoms with Gasteiger partial charge in [-0.15, -0.1) is 0 Å². The average Bonchev–Trinajstić information content (AvgIpc) is 2.46. The third-order valence-corrected chi connectivity index (χ3v) is 4.77. The molecule has 0 radical (unpaired) electrons. The SMILES string of the molecule is CN(CCCNCc1cc(F)cc(Br)c1)C1CCCCC1. The molecule has 0 unspecified atom stereocenters. The lowest BCUT2D eigenvalue weighted by Crippen LogP contribution is -2.35. The number of benzene rings is 1. The van der Waals surface area contributed by atoms with Gasteiger partial charge < -0.3 is 10.2 Å². The first-order chi connectivity index (χ1) is 10.1. The molecule has 2 nitrogen and oxygen atoms in total. The molecule has 0 heterocycles. The number of hydrogen-bond donors (Lipinski definition) is 1. The molecule has 1 aromatic rings. The number of halogens is 2. The quantitative estimate of drug-likeness (QED) is 0.731. The Morgan fingerprint density at radius 1 is 1.24 bits per heavy atom. The summed E-state index contributed by atoms with van der Waals surface area (Å²) in [6, 6.07) is 5.83. The first-order valence-corrected chi connectivity index (χ1v) is 8.80. The number of nitrogens with zero attached hydrogens (tertiary/aromatic N) is 1. The average molecular weight is 357 g/mol. The van der Waals surface area contributed by atoms with Gasteiger partial charge in [-0.3, -0.25) is 0 Å². The molecule has 1 fully saturated rings. The van der Waals surface area contributed by atoms with Gasteiger partial charge in [-0.05, 0) is 63.2 Å². The Hall–Kier alpha value is -0.450. The zero-order chi connectivity index (χ0) is 15.1. The van der Waals surface area contributed by atoms with Crippen LogP contribution in [-0.2, 0) is 6.54 Å². The molecular formula is C17H26BrFN2. The van der Waals surface area contributed by atoms with Gasteiger partial charge >= 0.3 is 0 Å². The van der Waals surface area contributed by atoms with Gasteiger partial charge in [0.15, 0.2) is 0 Å². The molecule has 4 heteroatoms. The Balaban J connectivity index is 1.61. The van der Waals surface area contributed by atoms with Gasteiger partial charge in [-0.1, -0.05) is 35.2 Å². The lowest BCUT2D eigenvalue weighted by molar-refractivity contribution is 0.189. The van der Waals surface area contributed by atoms with E-state index >= 15 is 0 Å². The van der Waals surface area contributed by atoms with Gasteiger partial charge in [0.05, 0.1) is 0 Å². The third kappa shape index (κ3) is 6.05. The highest BCUT2D eigenvalue weighted by atomic mass is 79.9. The highest BCUT2D eigenvalue weighted by molar-refractivity contribution is 9.10. The molecule has 21 heavy (non-hydrogen) atoms. The van der Waals surface area contributed by atoms with Crippen LogP contribution in [0, 0.1) is 5.82 Å². The summed E-state index contributed by atoms with van der Waals surface area (Å²) in [5.41, 5.74) is 0.988. The maximum atomic E-state index is 13.3. The minimum absolute atomic E-state index is 0.182. The summed E-state index contributed by atoms with van der Waals surface area (Å²) >= 11 is 3.32. The van der Waals surface area contributed by atoms with Gasteiger partial charge in [0, 0.05) is 17.1 Å². The number of rotatable bonds is 7. The lowest BCUT2D eigenvalue weighted by atomic mass is 9.94. The van der Waals surface area contributed by atoms with Crippen molar-refractivity contribution in [2.75, 3.05) is 20.1 Å². The first kappa shape index (κ1) is 16.9. The van der Waals surface area contributed by atoms with Crippen molar-refractivity contribution in [1.29, 1.82) is 0 Å². The molecule has 0 bridgehead atoms. The molecule has 0 amide bonds. The van der Waals surface area contributed by atoms with E-state index in [9.17, 15) is 4.39 Å². The molecule has 1 N–H and O–H groups in total. The second-order valence-corrected chi connectivity index (χ2v) is 7.00. The topological polar surface area (TPSA) is 15.3 Å².